The number of hydrogen-bond donors (Lipinski definition) is 3. The molecular weight excluding hydrogens is 555 g/mol. The normalized spacial score (nSPS) is 14.3. The maximum atomic E-state index is 13.3. The van der Waals surface area contributed by atoms with E-state index < -0.39 is 37.7 Å². The average Bonchev–Trinajstić information content (AvgIpc) is 2.96. The summed E-state index contributed by atoms with van der Waals surface area (Å²) >= 11 is 0. The molecule has 3 amide bonds. The number of hydrogen-bond acceptors (Lipinski definition) is 8. The van der Waals surface area contributed by atoms with Crippen LogP contribution >= 0.6 is 7.60 Å². The Hall–Kier alpha value is -3.51. The van der Waals surface area contributed by atoms with Gasteiger partial charge in [-0.05, 0) is 6.42 Å². The van der Waals surface area contributed by atoms with Gasteiger partial charge in [-0.1, -0.05) is 43.7 Å². The zero-order valence-electron chi connectivity index (χ0n) is 23.2. The van der Waals surface area contributed by atoms with Crippen LogP contribution in [0.5, 0.6) is 5.75 Å². The monoisotopic (exact) mass is 592 g/mol. The van der Waals surface area contributed by atoms with Crippen LogP contribution in [0, 0.1) is 0 Å². The van der Waals surface area contributed by atoms with E-state index in [1.807, 2.05) is 37.3 Å². The van der Waals surface area contributed by atoms with Gasteiger partial charge in [-0.15, -0.1) is 0 Å². The van der Waals surface area contributed by atoms with Crippen LogP contribution in [0.3, 0.4) is 0 Å². The summed E-state index contributed by atoms with van der Waals surface area (Å²) in [6.07, 6.45) is 0.263. The third-order valence-corrected chi connectivity index (χ3v) is 7.09. The van der Waals surface area contributed by atoms with E-state index in [0.29, 0.717) is 30.2 Å². The van der Waals surface area contributed by atoms with E-state index in [1.165, 1.54) is 23.0 Å². The van der Waals surface area contributed by atoms with Gasteiger partial charge in [0, 0.05) is 51.0 Å². The van der Waals surface area contributed by atoms with Gasteiger partial charge < -0.3 is 39.1 Å². The minimum atomic E-state index is -4.71. The Morgan fingerprint density at radius 3 is 2.34 bits per heavy atom. The van der Waals surface area contributed by atoms with Gasteiger partial charge in [0.1, 0.15) is 24.1 Å². The Morgan fingerprint density at radius 1 is 1.02 bits per heavy atom. The number of rotatable bonds is 13. The first kappa shape index (κ1) is 32.0. The predicted molar refractivity (Wildman–Crippen MR) is 150 cm³/mol. The van der Waals surface area contributed by atoms with E-state index >= 15 is 0 Å². The Labute approximate surface area is 238 Å². The molecule has 3 N–H and O–H groups in total. The van der Waals surface area contributed by atoms with Gasteiger partial charge in [-0.3, -0.25) is 14.2 Å². The summed E-state index contributed by atoms with van der Waals surface area (Å²) < 4.78 is 27.8. The van der Waals surface area contributed by atoms with Gasteiger partial charge in [0.25, 0.3) is 5.91 Å². The lowest BCUT2D eigenvalue weighted by Gasteiger charge is -2.36. The minimum Gasteiger partial charge on any atom is -0.491 e. The maximum Gasteiger partial charge on any atom is 0.409 e. The first-order valence-corrected chi connectivity index (χ1v) is 15.2. The molecule has 0 unspecified atom stereocenters. The number of carbonyl (C=O) groups excluding carboxylic acids is 3. The zero-order valence-corrected chi connectivity index (χ0v) is 24.1. The van der Waals surface area contributed by atoms with Gasteiger partial charge >= 0.3 is 13.7 Å². The maximum absolute atomic E-state index is 13.3. The second-order valence-electron chi connectivity index (χ2n) is 9.43. The van der Waals surface area contributed by atoms with Crippen LogP contribution in [-0.2, 0) is 18.8 Å². The number of amides is 3. The predicted octanol–water partition coefficient (Wildman–Crippen LogP) is 2.13. The van der Waals surface area contributed by atoms with Gasteiger partial charge in [0.05, 0.1) is 25.1 Å². The lowest BCUT2D eigenvalue weighted by molar-refractivity contribution is -0.134. The van der Waals surface area contributed by atoms with E-state index in [-0.39, 0.29) is 38.5 Å². The van der Waals surface area contributed by atoms with Gasteiger partial charge in [0.15, 0.2) is 0 Å². The second kappa shape index (κ2) is 15.5. The van der Waals surface area contributed by atoms with Gasteiger partial charge in [-0.25, -0.2) is 9.78 Å². The summed E-state index contributed by atoms with van der Waals surface area (Å²) in [5.41, 5.74) is 1.06. The first-order valence-electron chi connectivity index (χ1n) is 13.4. The number of ether oxygens (including phenoxy) is 3. The van der Waals surface area contributed by atoms with Crippen LogP contribution in [0.2, 0.25) is 0 Å². The number of nitrogens with one attached hydrogen (secondary N) is 1. The summed E-state index contributed by atoms with van der Waals surface area (Å²) in [7, 11) is -3.18. The third kappa shape index (κ3) is 10.1. The van der Waals surface area contributed by atoms with Crippen molar-refractivity contribution in [2.45, 2.75) is 25.8 Å². The molecule has 1 aliphatic rings. The highest BCUT2D eigenvalue weighted by molar-refractivity contribution is 7.51. The second-order valence-corrected chi connectivity index (χ2v) is 11.1. The molecule has 0 aliphatic carbocycles. The fraction of sp³-hybridized carbons (Fsp3) is 0.481. The number of benzene rings is 1. The largest absolute Gasteiger partial charge is 0.491 e. The van der Waals surface area contributed by atoms with Crippen LogP contribution in [0.4, 0.5) is 4.79 Å². The first-order chi connectivity index (χ1) is 19.6. The van der Waals surface area contributed by atoms with Crippen molar-refractivity contribution in [3.8, 4) is 17.0 Å². The number of carbonyl (C=O) groups is 3. The van der Waals surface area contributed by atoms with E-state index in [2.05, 4.69) is 10.3 Å². The summed E-state index contributed by atoms with van der Waals surface area (Å²) in [5, 5.41) is 2.46. The van der Waals surface area contributed by atoms with Crippen molar-refractivity contribution in [2.24, 2.45) is 0 Å². The molecule has 1 atom stereocenters. The molecular formula is C27H37N4O9P. The van der Waals surface area contributed by atoms with Crippen molar-refractivity contribution < 1.29 is 42.9 Å². The summed E-state index contributed by atoms with van der Waals surface area (Å²) in [5.74, 6) is -1.14. The molecule has 0 spiro atoms. The van der Waals surface area contributed by atoms with Crippen molar-refractivity contribution in [2.75, 3.05) is 59.3 Å². The standard InChI is InChI=1S/C27H37N4O9P/c1-3-4-14-40-27(34)31-12-10-30(11-13-31)26(33)24(19-41(35,36)37)29-25(32)23-18-21(39-16-15-38-2)17-22(28-23)20-8-6-5-7-9-20/h5-9,17-18,24H,3-4,10-16,19H2,1-2H3,(H,29,32)(H2,35,36,37)/t24-/m0/s1. The van der Waals surface area contributed by atoms with Crippen molar-refractivity contribution in [3.05, 3.63) is 48.2 Å². The number of pyridine rings is 1. The molecule has 1 saturated heterocycles. The summed E-state index contributed by atoms with van der Waals surface area (Å²) in [6.45, 7) is 3.44. The molecule has 0 bridgehead atoms. The Morgan fingerprint density at radius 2 is 1.71 bits per heavy atom. The van der Waals surface area contributed by atoms with E-state index in [0.717, 1.165) is 12.8 Å². The third-order valence-electron chi connectivity index (χ3n) is 6.25. The molecule has 13 nitrogen and oxygen atoms in total. The topological polar surface area (TPSA) is 168 Å². The minimum absolute atomic E-state index is 0.0954. The van der Waals surface area contributed by atoms with E-state index in [1.54, 1.807) is 6.07 Å². The van der Waals surface area contributed by atoms with Crippen molar-refractivity contribution in [1.29, 1.82) is 0 Å². The molecule has 1 aliphatic heterocycles. The van der Waals surface area contributed by atoms with Gasteiger partial charge in [0.2, 0.25) is 5.91 Å². The van der Waals surface area contributed by atoms with Crippen LogP contribution in [0.25, 0.3) is 11.3 Å². The number of nitrogens with zero attached hydrogens (tertiary/aromatic N) is 3. The van der Waals surface area contributed by atoms with Crippen molar-refractivity contribution in [3.63, 3.8) is 0 Å². The van der Waals surface area contributed by atoms with Gasteiger partial charge in [-0.2, -0.15) is 0 Å². The van der Waals surface area contributed by atoms with E-state index in [9.17, 15) is 28.7 Å². The lowest BCUT2D eigenvalue weighted by Crippen LogP contribution is -2.56. The van der Waals surface area contributed by atoms with Crippen LogP contribution in [0.15, 0.2) is 42.5 Å². The Bertz CT molecular complexity index is 1220. The molecule has 41 heavy (non-hydrogen) atoms. The Balaban J connectivity index is 1.76. The molecule has 3 rings (SSSR count). The number of aromatic nitrogens is 1. The molecule has 224 valence electrons. The van der Waals surface area contributed by atoms with Crippen molar-refractivity contribution in [1.82, 2.24) is 20.1 Å². The number of piperazine rings is 1. The highest BCUT2D eigenvalue weighted by Crippen LogP contribution is 2.35. The fourth-order valence-corrected chi connectivity index (χ4v) is 4.81. The smallest absolute Gasteiger partial charge is 0.409 e. The summed E-state index contributed by atoms with van der Waals surface area (Å²) in [6, 6.07) is 10.6. The van der Waals surface area contributed by atoms with Crippen molar-refractivity contribution >= 4 is 25.5 Å². The SMILES string of the molecule is CCCCOC(=O)N1CCN(C(=O)[C@H](CP(=O)(O)O)NC(=O)c2cc(OCCOC)cc(-c3ccccc3)n2)CC1. The molecule has 0 radical (unpaired) electrons. The highest BCUT2D eigenvalue weighted by atomic mass is 31.2. The molecule has 1 aromatic heterocycles. The number of methoxy groups -OCH3 is 1. The van der Waals surface area contributed by atoms with Crippen LogP contribution < -0.4 is 10.1 Å². The molecule has 2 heterocycles. The molecule has 14 heteroatoms. The fourth-order valence-electron chi connectivity index (χ4n) is 4.09. The average molecular weight is 593 g/mol. The van der Waals surface area contributed by atoms with Crippen LogP contribution in [-0.4, -0.2) is 108 Å². The molecule has 1 fully saturated rings. The lowest BCUT2D eigenvalue weighted by atomic mass is 10.1. The molecule has 2 aromatic rings. The van der Waals surface area contributed by atoms with Crippen LogP contribution in [0.1, 0.15) is 30.3 Å². The molecule has 0 saturated carbocycles. The molecule has 1 aromatic carbocycles. The highest BCUT2D eigenvalue weighted by Gasteiger charge is 2.35. The quantitative estimate of drug-likeness (QED) is 0.232. The Kier molecular flexibility index (Phi) is 12.1. The van der Waals surface area contributed by atoms with E-state index in [4.69, 9.17) is 14.2 Å². The zero-order chi connectivity index (χ0) is 29.8. The summed E-state index contributed by atoms with van der Waals surface area (Å²) in [4.78, 5) is 65.5. The number of unbranched alkanes of at least 4 members (excludes halogenated alkanes) is 1.